The number of benzene rings is 1. The molecule has 1 fully saturated rings. The maximum atomic E-state index is 13.6. The van der Waals surface area contributed by atoms with Crippen LogP contribution < -0.4 is 0 Å². The van der Waals surface area contributed by atoms with Crippen LogP contribution in [0.5, 0.6) is 0 Å². The average Bonchev–Trinajstić information content (AvgIpc) is 2.35. The molecule has 1 aromatic rings. The number of likely N-dealkylation sites (tertiary alicyclic amines) is 1. The summed E-state index contributed by atoms with van der Waals surface area (Å²) in [5.74, 6) is 0.0318. The van der Waals surface area contributed by atoms with Crippen LogP contribution in [0.15, 0.2) is 22.7 Å². The van der Waals surface area contributed by atoms with Gasteiger partial charge in [-0.1, -0.05) is 15.9 Å². The molecule has 0 spiro atoms. The predicted molar refractivity (Wildman–Crippen MR) is 68.2 cm³/mol. The number of halogens is 2. The lowest BCUT2D eigenvalue weighted by molar-refractivity contribution is -0.112. The van der Waals surface area contributed by atoms with Crippen LogP contribution in [0.2, 0.25) is 0 Å². The van der Waals surface area contributed by atoms with Crippen LogP contribution in [-0.4, -0.2) is 24.3 Å². The van der Waals surface area contributed by atoms with E-state index in [1.165, 1.54) is 6.07 Å². The molecule has 92 valence electrons. The fourth-order valence-electron chi connectivity index (χ4n) is 2.15. The molecule has 1 aliphatic heterocycles. The summed E-state index contributed by atoms with van der Waals surface area (Å²) in [6, 6.07) is 5.01. The van der Waals surface area contributed by atoms with Crippen LogP contribution in [0, 0.1) is 11.7 Å². The molecule has 0 radical (unpaired) electrons. The Kier molecular flexibility index (Phi) is 4.29. The van der Waals surface area contributed by atoms with Crippen LogP contribution in [0.25, 0.3) is 0 Å². The van der Waals surface area contributed by atoms with Gasteiger partial charge in [0.05, 0.1) is 0 Å². The van der Waals surface area contributed by atoms with Gasteiger partial charge in [0.1, 0.15) is 12.1 Å². The summed E-state index contributed by atoms with van der Waals surface area (Å²) < 4.78 is 14.5. The second-order valence-corrected chi connectivity index (χ2v) is 5.40. The Labute approximate surface area is 109 Å². The first-order valence-corrected chi connectivity index (χ1v) is 6.60. The quantitative estimate of drug-likeness (QED) is 0.800. The molecular formula is C13H15BrFNO. The summed E-state index contributed by atoms with van der Waals surface area (Å²) in [4.78, 5) is 12.8. The van der Waals surface area contributed by atoms with Crippen LogP contribution in [-0.2, 0) is 11.3 Å². The van der Waals surface area contributed by atoms with E-state index in [-0.39, 0.29) is 11.7 Å². The van der Waals surface area contributed by atoms with Crippen molar-refractivity contribution >= 4 is 22.2 Å². The zero-order chi connectivity index (χ0) is 12.3. The molecule has 4 heteroatoms. The molecule has 2 rings (SSSR count). The van der Waals surface area contributed by atoms with Gasteiger partial charge in [-0.15, -0.1) is 0 Å². The number of nitrogens with zero attached hydrogens (tertiary/aromatic N) is 1. The second kappa shape index (κ2) is 5.74. The Morgan fingerprint density at radius 1 is 1.41 bits per heavy atom. The van der Waals surface area contributed by atoms with Crippen molar-refractivity contribution in [2.45, 2.75) is 19.4 Å². The van der Waals surface area contributed by atoms with Gasteiger partial charge in [0.25, 0.3) is 0 Å². The fraction of sp³-hybridized carbons (Fsp3) is 0.462. The van der Waals surface area contributed by atoms with Crippen LogP contribution in [0.3, 0.4) is 0 Å². The highest BCUT2D eigenvalue weighted by Gasteiger charge is 2.19. The molecule has 1 saturated heterocycles. The minimum Gasteiger partial charge on any atom is -0.303 e. The van der Waals surface area contributed by atoms with Crippen LogP contribution in [0.1, 0.15) is 18.4 Å². The highest BCUT2D eigenvalue weighted by molar-refractivity contribution is 9.10. The largest absolute Gasteiger partial charge is 0.303 e. The number of aldehydes is 1. The molecule has 17 heavy (non-hydrogen) atoms. The molecule has 2 nitrogen and oxygen atoms in total. The summed E-state index contributed by atoms with van der Waals surface area (Å²) >= 11 is 3.35. The van der Waals surface area contributed by atoms with E-state index in [1.807, 2.05) is 6.07 Å². The van der Waals surface area contributed by atoms with Gasteiger partial charge in [0, 0.05) is 22.5 Å². The molecule has 1 heterocycles. The third kappa shape index (κ3) is 3.36. The summed E-state index contributed by atoms with van der Waals surface area (Å²) in [5.41, 5.74) is 0.712. The van der Waals surface area contributed by atoms with E-state index >= 15 is 0 Å². The lowest BCUT2D eigenvalue weighted by Gasteiger charge is -2.29. The first kappa shape index (κ1) is 12.7. The van der Waals surface area contributed by atoms with Crippen LogP contribution >= 0.6 is 15.9 Å². The van der Waals surface area contributed by atoms with E-state index in [0.717, 1.165) is 36.7 Å². The van der Waals surface area contributed by atoms with Crippen molar-refractivity contribution in [3.63, 3.8) is 0 Å². The normalized spacial score (nSPS) is 18.2. The maximum Gasteiger partial charge on any atom is 0.127 e. The number of hydrogen-bond acceptors (Lipinski definition) is 2. The van der Waals surface area contributed by atoms with Gasteiger partial charge in [-0.3, -0.25) is 4.90 Å². The van der Waals surface area contributed by atoms with Crippen molar-refractivity contribution in [1.29, 1.82) is 0 Å². The molecule has 1 aromatic carbocycles. The Morgan fingerprint density at radius 3 is 2.76 bits per heavy atom. The fourth-order valence-corrected chi connectivity index (χ4v) is 2.56. The van der Waals surface area contributed by atoms with E-state index in [4.69, 9.17) is 0 Å². The highest BCUT2D eigenvalue weighted by atomic mass is 79.9. The predicted octanol–water partition coefficient (Wildman–Crippen LogP) is 3.00. The van der Waals surface area contributed by atoms with Crippen molar-refractivity contribution in [1.82, 2.24) is 4.90 Å². The maximum absolute atomic E-state index is 13.6. The van der Waals surface area contributed by atoms with Crippen molar-refractivity contribution in [3.8, 4) is 0 Å². The third-order valence-corrected chi connectivity index (χ3v) is 3.72. The SMILES string of the molecule is O=CC1CCN(Cc2cc(Br)ccc2F)CC1. The van der Waals surface area contributed by atoms with E-state index in [2.05, 4.69) is 20.8 Å². The Bertz CT molecular complexity index is 402. The van der Waals surface area contributed by atoms with Gasteiger partial charge in [0.15, 0.2) is 0 Å². The molecule has 1 aliphatic rings. The molecule has 0 amide bonds. The van der Waals surface area contributed by atoms with Gasteiger partial charge in [0.2, 0.25) is 0 Å². The summed E-state index contributed by atoms with van der Waals surface area (Å²) in [6.07, 6.45) is 2.81. The third-order valence-electron chi connectivity index (χ3n) is 3.23. The number of carbonyl (C=O) groups excluding carboxylic acids is 1. The molecule has 0 N–H and O–H groups in total. The van der Waals surface area contributed by atoms with Gasteiger partial charge >= 0.3 is 0 Å². The molecule has 0 bridgehead atoms. The number of rotatable bonds is 3. The lowest BCUT2D eigenvalue weighted by atomic mass is 9.98. The monoisotopic (exact) mass is 299 g/mol. The zero-order valence-corrected chi connectivity index (χ0v) is 11.1. The van der Waals surface area contributed by atoms with Gasteiger partial charge < -0.3 is 4.79 Å². The molecular weight excluding hydrogens is 285 g/mol. The Balaban J connectivity index is 1.97. The van der Waals surface area contributed by atoms with E-state index in [9.17, 15) is 9.18 Å². The van der Waals surface area contributed by atoms with Crippen LogP contribution in [0.4, 0.5) is 4.39 Å². The second-order valence-electron chi connectivity index (χ2n) is 4.49. The summed E-state index contributed by atoms with van der Waals surface area (Å²) in [6.45, 7) is 2.36. The van der Waals surface area contributed by atoms with E-state index in [1.54, 1.807) is 6.07 Å². The van der Waals surface area contributed by atoms with Crippen molar-refractivity contribution in [3.05, 3.63) is 34.1 Å². The molecule has 0 saturated carbocycles. The lowest BCUT2D eigenvalue weighted by Crippen LogP contribution is -2.33. The minimum absolute atomic E-state index is 0.161. The molecule has 0 atom stereocenters. The molecule has 0 unspecified atom stereocenters. The van der Waals surface area contributed by atoms with Crippen molar-refractivity contribution in [2.75, 3.05) is 13.1 Å². The number of piperidine rings is 1. The highest BCUT2D eigenvalue weighted by Crippen LogP contribution is 2.20. The van der Waals surface area contributed by atoms with Gasteiger partial charge in [-0.25, -0.2) is 4.39 Å². The van der Waals surface area contributed by atoms with E-state index < -0.39 is 0 Å². The zero-order valence-electron chi connectivity index (χ0n) is 9.53. The van der Waals surface area contributed by atoms with Gasteiger partial charge in [-0.2, -0.15) is 0 Å². The smallest absolute Gasteiger partial charge is 0.127 e. The molecule has 0 aliphatic carbocycles. The summed E-state index contributed by atoms with van der Waals surface area (Å²) in [5, 5.41) is 0. The topological polar surface area (TPSA) is 20.3 Å². The average molecular weight is 300 g/mol. The first-order valence-electron chi connectivity index (χ1n) is 5.80. The number of carbonyl (C=O) groups is 1. The minimum atomic E-state index is -0.161. The standard InChI is InChI=1S/C13H15BrFNO/c14-12-1-2-13(15)11(7-12)8-16-5-3-10(9-17)4-6-16/h1-2,7,9-10H,3-6,8H2. The van der Waals surface area contributed by atoms with Crippen molar-refractivity contribution < 1.29 is 9.18 Å². The summed E-state index contributed by atoms with van der Waals surface area (Å²) in [7, 11) is 0. The Hall–Kier alpha value is -0.740. The van der Waals surface area contributed by atoms with Crippen molar-refractivity contribution in [2.24, 2.45) is 5.92 Å². The molecule has 0 aromatic heterocycles. The Morgan fingerprint density at radius 2 is 2.12 bits per heavy atom. The van der Waals surface area contributed by atoms with Gasteiger partial charge in [-0.05, 0) is 44.1 Å². The van der Waals surface area contributed by atoms with E-state index in [0.29, 0.717) is 12.1 Å². The number of hydrogen-bond donors (Lipinski definition) is 0. The first-order chi connectivity index (χ1) is 8.19.